The maximum atomic E-state index is 12.8. The molecule has 6 heteroatoms. The summed E-state index contributed by atoms with van der Waals surface area (Å²) in [5.74, 6) is -0.202. The van der Waals surface area contributed by atoms with Crippen LogP contribution in [0.25, 0.3) is 22.3 Å². The molecule has 1 heterocycles. The smallest absolute Gasteiger partial charge is 0.197 e. The lowest BCUT2D eigenvalue weighted by molar-refractivity contribution is 0.403. The van der Waals surface area contributed by atoms with E-state index in [2.05, 4.69) is 32.9 Å². The fourth-order valence-electron chi connectivity index (χ4n) is 3.51. The number of ether oxygens (including phenoxy) is 1. The quantitative estimate of drug-likeness (QED) is 0.319. The Labute approximate surface area is 186 Å². The van der Waals surface area contributed by atoms with Gasteiger partial charge in [0.25, 0.3) is 0 Å². The number of phenolic OH excluding ortho intramolecular Hbond substituents is 3. The number of benzene rings is 2. The van der Waals surface area contributed by atoms with Crippen LogP contribution in [0.3, 0.4) is 0 Å². The van der Waals surface area contributed by atoms with Crippen LogP contribution in [0.15, 0.2) is 62.8 Å². The van der Waals surface area contributed by atoms with Crippen LogP contribution >= 0.6 is 0 Å². The number of allylic oxidation sites excluding steroid dienone is 4. The van der Waals surface area contributed by atoms with E-state index in [9.17, 15) is 20.1 Å². The fourth-order valence-corrected chi connectivity index (χ4v) is 3.51. The van der Waals surface area contributed by atoms with E-state index in [1.54, 1.807) is 0 Å². The van der Waals surface area contributed by atoms with Gasteiger partial charge in [-0.25, -0.2) is 0 Å². The zero-order chi connectivity index (χ0) is 23.4. The molecule has 168 valence electrons. The summed E-state index contributed by atoms with van der Waals surface area (Å²) < 4.78 is 11.5. The summed E-state index contributed by atoms with van der Waals surface area (Å²) in [5.41, 5.74) is 3.33. The van der Waals surface area contributed by atoms with Gasteiger partial charge in [-0.2, -0.15) is 0 Å². The molecule has 0 atom stereocenters. The van der Waals surface area contributed by atoms with Crippen molar-refractivity contribution >= 4 is 11.0 Å². The maximum absolute atomic E-state index is 12.8. The Bertz CT molecular complexity index is 1260. The minimum atomic E-state index is -0.417. The number of phenols is 3. The van der Waals surface area contributed by atoms with Gasteiger partial charge >= 0.3 is 0 Å². The van der Waals surface area contributed by atoms with Crippen molar-refractivity contribution in [2.24, 2.45) is 0 Å². The number of hydrogen-bond acceptors (Lipinski definition) is 6. The molecule has 0 aliphatic carbocycles. The van der Waals surface area contributed by atoms with Gasteiger partial charge in [0.1, 0.15) is 28.2 Å². The van der Waals surface area contributed by atoms with Crippen molar-refractivity contribution in [2.75, 3.05) is 7.11 Å². The summed E-state index contributed by atoms with van der Waals surface area (Å²) in [4.78, 5) is 12.8. The summed E-state index contributed by atoms with van der Waals surface area (Å²) in [6.07, 6.45) is 6.56. The fraction of sp³-hybridized carbons (Fsp3) is 0.269. The molecule has 3 aromatic rings. The third-order valence-corrected chi connectivity index (χ3v) is 5.27. The predicted molar refractivity (Wildman–Crippen MR) is 126 cm³/mol. The van der Waals surface area contributed by atoms with E-state index in [4.69, 9.17) is 9.15 Å². The zero-order valence-corrected chi connectivity index (χ0v) is 18.7. The lowest BCUT2D eigenvalue weighted by atomic mass is 10.0. The van der Waals surface area contributed by atoms with E-state index < -0.39 is 5.43 Å². The van der Waals surface area contributed by atoms with Crippen molar-refractivity contribution in [3.05, 3.63) is 69.4 Å². The van der Waals surface area contributed by atoms with Crippen LogP contribution in [0, 0.1) is 0 Å². The third kappa shape index (κ3) is 4.97. The Morgan fingerprint density at radius 2 is 1.75 bits per heavy atom. The summed E-state index contributed by atoms with van der Waals surface area (Å²) in [6, 6.07) is 6.84. The zero-order valence-electron chi connectivity index (χ0n) is 18.7. The van der Waals surface area contributed by atoms with Crippen LogP contribution in [-0.4, -0.2) is 22.4 Å². The summed E-state index contributed by atoms with van der Waals surface area (Å²) in [6.45, 7) is 6.19. The minimum Gasteiger partial charge on any atom is -0.507 e. The van der Waals surface area contributed by atoms with Crippen molar-refractivity contribution in [1.29, 1.82) is 0 Å². The molecule has 0 fully saturated rings. The Hall–Kier alpha value is -3.67. The molecular weight excluding hydrogens is 408 g/mol. The summed E-state index contributed by atoms with van der Waals surface area (Å²) in [5, 5.41) is 29.9. The first-order valence-electron chi connectivity index (χ1n) is 10.4. The molecule has 0 aliphatic rings. The van der Waals surface area contributed by atoms with Crippen molar-refractivity contribution in [3.63, 3.8) is 0 Å². The van der Waals surface area contributed by atoms with Crippen molar-refractivity contribution < 1.29 is 24.5 Å². The van der Waals surface area contributed by atoms with E-state index in [-0.39, 0.29) is 34.0 Å². The molecule has 0 unspecified atom stereocenters. The van der Waals surface area contributed by atoms with Gasteiger partial charge in [0.05, 0.1) is 7.11 Å². The SMILES string of the molecule is COc1cc(O)c2c(=O)cc(-c3ccc(O)c(O)c3)oc2c1C/C=C(/C)CCC=C(C)C. The summed E-state index contributed by atoms with van der Waals surface area (Å²) in [7, 11) is 1.50. The highest BCUT2D eigenvalue weighted by Gasteiger charge is 2.19. The third-order valence-electron chi connectivity index (χ3n) is 5.27. The van der Waals surface area contributed by atoms with Crippen molar-refractivity contribution in [3.8, 4) is 34.3 Å². The van der Waals surface area contributed by atoms with Gasteiger partial charge < -0.3 is 24.5 Å². The van der Waals surface area contributed by atoms with E-state index in [1.165, 1.54) is 48.6 Å². The predicted octanol–water partition coefficient (Wildman–Crippen LogP) is 5.82. The number of fused-ring (bicyclic) bond motifs is 1. The van der Waals surface area contributed by atoms with E-state index in [0.29, 0.717) is 23.3 Å². The van der Waals surface area contributed by atoms with Gasteiger partial charge in [0.15, 0.2) is 16.9 Å². The average Bonchev–Trinajstić information content (AvgIpc) is 2.74. The van der Waals surface area contributed by atoms with Gasteiger partial charge in [-0.05, 0) is 58.2 Å². The van der Waals surface area contributed by atoms with E-state index in [1.807, 2.05) is 0 Å². The molecule has 0 amide bonds. The van der Waals surface area contributed by atoms with Crippen LogP contribution in [-0.2, 0) is 6.42 Å². The number of hydrogen-bond donors (Lipinski definition) is 3. The second-order valence-electron chi connectivity index (χ2n) is 8.03. The van der Waals surface area contributed by atoms with Crippen LogP contribution in [0.5, 0.6) is 23.0 Å². The van der Waals surface area contributed by atoms with Gasteiger partial charge in [-0.1, -0.05) is 23.3 Å². The van der Waals surface area contributed by atoms with Gasteiger partial charge in [-0.3, -0.25) is 4.79 Å². The molecule has 32 heavy (non-hydrogen) atoms. The average molecular weight is 437 g/mol. The van der Waals surface area contributed by atoms with Crippen LogP contribution in [0.1, 0.15) is 39.2 Å². The largest absolute Gasteiger partial charge is 0.507 e. The topological polar surface area (TPSA) is 100 Å². The first-order valence-corrected chi connectivity index (χ1v) is 10.4. The van der Waals surface area contributed by atoms with Crippen LogP contribution < -0.4 is 10.2 Å². The molecule has 0 radical (unpaired) electrons. The molecule has 3 rings (SSSR count). The first kappa shape index (κ1) is 23.0. The summed E-state index contributed by atoms with van der Waals surface area (Å²) >= 11 is 0. The molecule has 0 saturated heterocycles. The highest BCUT2D eigenvalue weighted by atomic mass is 16.5. The Kier molecular flexibility index (Phi) is 6.93. The molecule has 0 spiro atoms. The highest BCUT2D eigenvalue weighted by molar-refractivity contribution is 5.89. The first-order chi connectivity index (χ1) is 15.2. The van der Waals surface area contributed by atoms with Gasteiger partial charge in [-0.15, -0.1) is 0 Å². The molecule has 0 bridgehead atoms. The van der Waals surface area contributed by atoms with E-state index in [0.717, 1.165) is 12.8 Å². The van der Waals surface area contributed by atoms with Crippen molar-refractivity contribution in [2.45, 2.75) is 40.0 Å². The normalized spacial score (nSPS) is 11.6. The van der Waals surface area contributed by atoms with Crippen LogP contribution in [0.2, 0.25) is 0 Å². The van der Waals surface area contributed by atoms with E-state index >= 15 is 0 Å². The second kappa shape index (κ2) is 9.64. The molecule has 6 nitrogen and oxygen atoms in total. The number of methoxy groups -OCH3 is 1. The lowest BCUT2D eigenvalue weighted by Crippen LogP contribution is -2.04. The Morgan fingerprint density at radius 3 is 2.41 bits per heavy atom. The van der Waals surface area contributed by atoms with Gasteiger partial charge in [0.2, 0.25) is 0 Å². The molecule has 0 saturated carbocycles. The minimum absolute atomic E-state index is 0.0724. The molecule has 3 N–H and O–H groups in total. The molecular formula is C26H28O6. The van der Waals surface area contributed by atoms with Crippen molar-refractivity contribution in [1.82, 2.24) is 0 Å². The molecule has 2 aromatic carbocycles. The van der Waals surface area contributed by atoms with Gasteiger partial charge in [0, 0.05) is 23.3 Å². The maximum Gasteiger partial charge on any atom is 0.197 e. The monoisotopic (exact) mass is 436 g/mol. The van der Waals surface area contributed by atoms with Crippen LogP contribution in [0.4, 0.5) is 0 Å². The Morgan fingerprint density at radius 1 is 1.00 bits per heavy atom. The standard InChI is InChI=1S/C26H28O6/c1-15(2)6-5-7-16(3)8-10-18-24(31-4)14-22(30)25-21(29)13-23(32-26(18)25)17-9-11-19(27)20(28)12-17/h6,8-9,11-14,27-28,30H,5,7,10H2,1-4H3/b16-8-. The number of aromatic hydroxyl groups is 3. The lowest BCUT2D eigenvalue weighted by Gasteiger charge is -2.13. The highest BCUT2D eigenvalue weighted by Crippen LogP contribution is 2.37. The molecule has 0 aliphatic heterocycles. The second-order valence-corrected chi connectivity index (χ2v) is 8.03. The Balaban J connectivity index is 2.12. The molecule has 1 aromatic heterocycles. The number of rotatable bonds is 7.